The standard InChI is InChI=1S/C30H46O9/c1-14-9-10-20-18(5)24(32)19(6)26(39-20)22-21(23(31)17(4)13-16(3)12-15(2)11-14)25(33)27(34)29(7,36)30(22,37)28(35)38-8/h11,14,16-20,24-26,32-33,36-37H,9-10,12-13H2,1-8H3. The third-order valence-corrected chi connectivity index (χ3v) is 9.23. The second kappa shape index (κ2) is 11.5. The van der Waals surface area contributed by atoms with Crippen LogP contribution >= 0.6 is 0 Å². The van der Waals surface area contributed by atoms with Crippen molar-refractivity contribution in [1.82, 2.24) is 0 Å². The number of hydrogen-bond acceptors (Lipinski definition) is 9. The second-order valence-electron chi connectivity index (χ2n) is 12.6. The van der Waals surface area contributed by atoms with Gasteiger partial charge < -0.3 is 29.9 Å². The van der Waals surface area contributed by atoms with Gasteiger partial charge >= 0.3 is 5.97 Å². The molecule has 1 saturated heterocycles. The first kappa shape index (κ1) is 31.6. The van der Waals surface area contributed by atoms with E-state index in [4.69, 9.17) is 9.47 Å². The normalized spacial score (nSPS) is 44.6. The third kappa shape index (κ3) is 5.40. The van der Waals surface area contributed by atoms with Crippen LogP contribution in [0.5, 0.6) is 0 Å². The molecule has 1 aliphatic carbocycles. The lowest BCUT2D eigenvalue weighted by Crippen LogP contribution is -2.71. The lowest BCUT2D eigenvalue weighted by molar-refractivity contribution is -0.206. The summed E-state index contributed by atoms with van der Waals surface area (Å²) in [5, 5.41) is 45.8. The maximum absolute atomic E-state index is 14.0. The molecular weight excluding hydrogens is 504 g/mol. The summed E-state index contributed by atoms with van der Waals surface area (Å²) in [6, 6.07) is 0. The Hall–Kier alpha value is -1.91. The molecule has 0 amide bonds. The van der Waals surface area contributed by atoms with Crippen molar-refractivity contribution in [3.63, 3.8) is 0 Å². The van der Waals surface area contributed by atoms with Crippen LogP contribution in [0.15, 0.2) is 22.8 Å². The van der Waals surface area contributed by atoms with Gasteiger partial charge in [0.25, 0.3) is 0 Å². The summed E-state index contributed by atoms with van der Waals surface area (Å²) in [6.45, 7) is 12.3. The molecule has 0 aromatic carbocycles. The van der Waals surface area contributed by atoms with Crippen LogP contribution < -0.4 is 0 Å². The van der Waals surface area contributed by atoms with Gasteiger partial charge in [-0.25, -0.2) is 4.79 Å². The van der Waals surface area contributed by atoms with E-state index in [2.05, 4.69) is 19.9 Å². The quantitative estimate of drug-likeness (QED) is 0.285. The summed E-state index contributed by atoms with van der Waals surface area (Å²) in [4.78, 5) is 40.5. The van der Waals surface area contributed by atoms with Gasteiger partial charge in [-0.3, -0.25) is 9.59 Å². The van der Waals surface area contributed by atoms with Gasteiger partial charge in [-0.15, -0.1) is 0 Å². The maximum Gasteiger partial charge on any atom is 0.345 e. The SMILES string of the molecule is COC(=O)C1(O)C2=C(C(=O)C(C)CC(C)CC(C)=CC(C)CCC3OC2C(C)C(O)C3C)C(O)C(=O)C1(C)O. The number of Topliss-reactive ketones (excluding diaryl/α,β-unsaturated/α-hetero) is 2. The Morgan fingerprint density at radius 1 is 1.05 bits per heavy atom. The highest BCUT2D eigenvalue weighted by molar-refractivity contribution is 6.13. The largest absolute Gasteiger partial charge is 0.467 e. The number of aliphatic hydroxyl groups is 4. The van der Waals surface area contributed by atoms with E-state index in [1.165, 1.54) is 5.57 Å². The van der Waals surface area contributed by atoms with E-state index in [0.29, 0.717) is 12.8 Å². The van der Waals surface area contributed by atoms with Crippen molar-refractivity contribution in [1.29, 1.82) is 0 Å². The predicted molar refractivity (Wildman–Crippen MR) is 143 cm³/mol. The van der Waals surface area contributed by atoms with Gasteiger partial charge in [-0.2, -0.15) is 0 Å². The first-order chi connectivity index (χ1) is 18.0. The molecule has 2 aliphatic heterocycles. The number of carbonyl (C=O) groups is 3. The predicted octanol–water partition coefficient (Wildman–Crippen LogP) is 2.28. The molecule has 2 bridgehead atoms. The minimum Gasteiger partial charge on any atom is -0.467 e. The van der Waals surface area contributed by atoms with Crippen molar-refractivity contribution in [3.05, 3.63) is 22.8 Å². The number of methoxy groups -OCH3 is 1. The van der Waals surface area contributed by atoms with Gasteiger partial charge in [0.2, 0.25) is 11.4 Å². The first-order valence-electron chi connectivity index (χ1n) is 14.1. The molecular formula is C30H46O9. The molecule has 0 saturated carbocycles. The Bertz CT molecular complexity index is 1040. The number of hydrogen-bond donors (Lipinski definition) is 4. The minimum atomic E-state index is -3.03. The fourth-order valence-electron chi connectivity index (χ4n) is 6.91. The number of carbonyl (C=O) groups excluding carboxylic acids is 3. The Labute approximate surface area is 231 Å². The highest BCUT2D eigenvalue weighted by Crippen LogP contribution is 2.48. The second-order valence-corrected chi connectivity index (χ2v) is 12.6. The molecule has 0 spiro atoms. The number of rotatable bonds is 1. The lowest BCUT2D eigenvalue weighted by Gasteiger charge is -2.51. The number of esters is 1. The van der Waals surface area contributed by atoms with Gasteiger partial charge in [0, 0.05) is 28.9 Å². The van der Waals surface area contributed by atoms with Crippen molar-refractivity contribution in [3.8, 4) is 0 Å². The minimum absolute atomic E-state index is 0.0943. The molecule has 11 atom stereocenters. The van der Waals surface area contributed by atoms with Crippen LogP contribution in [0.3, 0.4) is 0 Å². The zero-order valence-electron chi connectivity index (χ0n) is 24.4. The van der Waals surface area contributed by atoms with E-state index in [1.54, 1.807) is 13.8 Å². The van der Waals surface area contributed by atoms with Crippen LogP contribution in [0.4, 0.5) is 0 Å². The van der Waals surface area contributed by atoms with E-state index >= 15 is 0 Å². The summed E-state index contributed by atoms with van der Waals surface area (Å²) < 4.78 is 11.3. The van der Waals surface area contributed by atoms with Crippen LogP contribution in [0.2, 0.25) is 0 Å². The Morgan fingerprint density at radius 3 is 2.26 bits per heavy atom. The third-order valence-electron chi connectivity index (χ3n) is 9.23. The molecule has 0 aromatic heterocycles. The summed E-state index contributed by atoms with van der Waals surface area (Å²) in [7, 11) is 0.992. The average Bonchev–Trinajstić information content (AvgIpc) is 2.86. The zero-order valence-corrected chi connectivity index (χ0v) is 24.4. The molecule has 1 fully saturated rings. The Morgan fingerprint density at radius 2 is 1.67 bits per heavy atom. The monoisotopic (exact) mass is 550 g/mol. The fraction of sp³-hybridized carbons (Fsp3) is 0.767. The average molecular weight is 551 g/mol. The Balaban J connectivity index is 2.35. The molecule has 0 aromatic rings. The highest BCUT2D eigenvalue weighted by atomic mass is 16.5. The number of ketones is 2. The van der Waals surface area contributed by atoms with Crippen molar-refractivity contribution < 1.29 is 44.3 Å². The number of aliphatic hydroxyl groups excluding tert-OH is 2. The molecule has 39 heavy (non-hydrogen) atoms. The molecule has 9 heteroatoms. The van der Waals surface area contributed by atoms with E-state index in [0.717, 1.165) is 26.9 Å². The van der Waals surface area contributed by atoms with Crippen LogP contribution in [0.25, 0.3) is 0 Å². The number of allylic oxidation sites excluding steroid dienone is 2. The maximum atomic E-state index is 14.0. The zero-order chi connectivity index (χ0) is 29.6. The molecule has 2 heterocycles. The molecule has 220 valence electrons. The first-order valence-corrected chi connectivity index (χ1v) is 14.1. The van der Waals surface area contributed by atoms with E-state index in [1.807, 2.05) is 13.8 Å². The van der Waals surface area contributed by atoms with Crippen LogP contribution in [0.1, 0.15) is 74.1 Å². The van der Waals surface area contributed by atoms with Crippen molar-refractivity contribution in [2.45, 2.75) is 110 Å². The Kier molecular flexibility index (Phi) is 9.34. The van der Waals surface area contributed by atoms with Crippen molar-refractivity contribution in [2.75, 3.05) is 7.11 Å². The van der Waals surface area contributed by atoms with Gasteiger partial charge in [0.1, 0.15) is 6.10 Å². The fourth-order valence-corrected chi connectivity index (χ4v) is 6.91. The highest BCUT2D eigenvalue weighted by Gasteiger charge is 2.68. The van der Waals surface area contributed by atoms with Crippen LogP contribution in [0, 0.1) is 29.6 Å². The molecule has 11 unspecified atom stereocenters. The smallest absolute Gasteiger partial charge is 0.345 e. The summed E-state index contributed by atoms with van der Waals surface area (Å²) in [5.74, 6) is -4.72. The summed E-state index contributed by atoms with van der Waals surface area (Å²) in [5.41, 5.74) is -5.54. The van der Waals surface area contributed by atoms with Crippen LogP contribution in [-0.2, 0) is 23.9 Å². The van der Waals surface area contributed by atoms with Gasteiger partial charge in [0.15, 0.2) is 11.4 Å². The number of fused-ring (bicyclic) bond motifs is 3. The van der Waals surface area contributed by atoms with Crippen LogP contribution in [-0.4, -0.2) is 80.7 Å². The molecule has 3 aliphatic rings. The van der Waals surface area contributed by atoms with E-state index in [9.17, 15) is 34.8 Å². The van der Waals surface area contributed by atoms with E-state index < -0.39 is 76.1 Å². The summed E-state index contributed by atoms with van der Waals surface area (Å²) in [6.07, 6.45) is -0.166. The summed E-state index contributed by atoms with van der Waals surface area (Å²) >= 11 is 0. The van der Waals surface area contributed by atoms with Gasteiger partial charge in [0.05, 0.1) is 25.4 Å². The lowest BCUT2D eigenvalue weighted by atomic mass is 9.61. The number of ether oxygens (including phenoxy) is 2. The van der Waals surface area contributed by atoms with Crippen molar-refractivity contribution in [2.24, 2.45) is 29.6 Å². The van der Waals surface area contributed by atoms with Crippen molar-refractivity contribution >= 4 is 17.5 Å². The molecule has 9 nitrogen and oxygen atoms in total. The van der Waals surface area contributed by atoms with Gasteiger partial charge in [-0.05, 0) is 51.4 Å². The van der Waals surface area contributed by atoms with E-state index in [-0.39, 0.29) is 17.8 Å². The molecule has 3 rings (SSSR count). The van der Waals surface area contributed by atoms with Gasteiger partial charge in [-0.1, -0.05) is 46.3 Å². The molecule has 4 N–H and O–H groups in total. The molecule has 0 radical (unpaired) electrons. The topological polar surface area (TPSA) is 151 Å².